The van der Waals surface area contributed by atoms with Gasteiger partial charge in [-0.25, -0.2) is 0 Å². The third kappa shape index (κ3) is 6.67. The van der Waals surface area contributed by atoms with Crippen molar-refractivity contribution >= 4 is 5.91 Å². The van der Waals surface area contributed by atoms with Crippen LogP contribution in [0.2, 0.25) is 0 Å². The Kier molecular flexibility index (Phi) is 8.23. The molecule has 0 radical (unpaired) electrons. The van der Waals surface area contributed by atoms with Crippen molar-refractivity contribution in [3.63, 3.8) is 0 Å². The molecule has 3 heteroatoms. The van der Waals surface area contributed by atoms with E-state index in [9.17, 15) is 4.79 Å². The fraction of sp³-hybridized carbons (Fsp3) is 0.929. The molecule has 0 aliphatic rings. The number of nitrogens with two attached hydrogens (primary N) is 1. The zero-order chi connectivity index (χ0) is 13.3. The fourth-order valence-electron chi connectivity index (χ4n) is 1.95. The Morgan fingerprint density at radius 2 is 1.82 bits per heavy atom. The van der Waals surface area contributed by atoms with Crippen LogP contribution in [0.3, 0.4) is 0 Å². The second kappa shape index (κ2) is 8.51. The fourth-order valence-corrected chi connectivity index (χ4v) is 1.95. The maximum atomic E-state index is 11.9. The van der Waals surface area contributed by atoms with Crippen LogP contribution in [-0.2, 0) is 4.79 Å². The Bertz CT molecular complexity index is 212. The first kappa shape index (κ1) is 16.4. The molecule has 0 aliphatic carbocycles. The van der Waals surface area contributed by atoms with E-state index in [2.05, 4.69) is 33.0 Å². The summed E-state index contributed by atoms with van der Waals surface area (Å²) in [6.45, 7) is 9.24. The molecule has 0 spiro atoms. The van der Waals surface area contributed by atoms with Crippen LogP contribution in [0.15, 0.2) is 0 Å². The van der Waals surface area contributed by atoms with Gasteiger partial charge in [-0.2, -0.15) is 0 Å². The van der Waals surface area contributed by atoms with Crippen LogP contribution in [0.25, 0.3) is 0 Å². The highest BCUT2D eigenvalue weighted by atomic mass is 16.1. The summed E-state index contributed by atoms with van der Waals surface area (Å²) in [7, 11) is 0. The first-order valence-electron chi connectivity index (χ1n) is 7.02. The highest BCUT2D eigenvalue weighted by Gasteiger charge is 2.21. The third-order valence-corrected chi connectivity index (χ3v) is 3.93. The van der Waals surface area contributed by atoms with E-state index >= 15 is 0 Å². The van der Waals surface area contributed by atoms with Crippen molar-refractivity contribution in [1.29, 1.82) is 0 Å². The Morgan fingerprint density at radius 1 is 1.24 bits per heavy atom. The molecule has 0 heterocycles. The molecule has 0 aliphatic heterocycles. The lowest BCUT2D eigenvalue weighted by molar-refractivity contribution is -0.123. The van der Waals surface area contributed by atoms with Gasteiger partial charge in [0.2, 0.25) is 5.91 Å². The van der Waals surface area contributed by atoms with Gasteiger partial charge >= 0.3 is 0 Å². The maximum Gasteiger partial charge on any atom is 0.220 e. The van der Waals surface area contributed by atoms with Crippen molar-refractivity contribution in [2.45, 2.75) is 71.8 Å². The van der Waals surface area contributed by atoms with E-state index in [4.69, 9.17) is 5.73 Å². The number of carbonyl (C=O) groups excluding carboxylic acids is 1. The van der Waals surface area contributed by atoms with Crippen molar-refractivity contribution in [2.75, 3.05) is 6.54 Å². The minimum absolute atomic E-state index is 0.0351. The van der Waals surface area contributed by atoms with Gasteiger partial charge in [-0.05, 0) is 45.1 Å². The van der Waals surface area contributed by atoms with Gasteiger partial charge in [-0.3, -0.25) is 4.79 Å². The van der Waals surface area contributed by atoms with Crippen molar-refractivity contribution in [3.8, 4) is 0 Å². The first-order chi connectivity index (χ1) is 8.01. The van der Waals surface area contributed by atoms with Crippen molar-refractivity contribution in [2.24, 2.45) is 11.7 Å². The number of hydrogen-bond donors (Lipinski definition) is 2. The lowest BCUT2D eigenvalue weighted by Crippen LogP contribution is -2.45. The van der Waals surface area contributed by atoms with E-state index in [1.807, 2.05) is 0 Å². The van der Waals surface area contributed by atoms with Gasteiger partial charge in [0.1, 0.15) is 0 Å². The smallest absolute Gasteiger partial charge is 0.220 e. The minimum atomic E-state index is -0.0351. The zero-order valence-electron chi connectivity index (χ0n) is 12.0. The highest BCUT2D eigenvalue weighted by Crippen LogP contribution is 2.17. The summed E-state index contributed by atoms with van der Waals surface area (Å²) in [6, 6.07) is 0. The summed E-state index contributed by atoms with van der Waals surface area (Å²) in [5.41, 5.74) is 5.52. The number of amides is 1. The maximum absolute atomic E-state index is 11.9. The second-order valence-corrected chi connectivity index (χ2v) is 5.21. The highest BCUT2D eigenvalue weighted by molar-refractivity contribution is 5.76. The van der Waals surface area contributed by atoms with Crippen LogP contribution in [0.1, 0.15) is 66.2 Å². The van der Waals surface area contributed by atoms with Gasteiger partial charge in [0, 0.05) is 12.0 Å². The summed E-state index contributed by atoms with van der Waals surface area (Å²) >= 11 is 0. The lowest BCUT2D eigenvalue weighted by atomic mass is 9.93. The van der Waals surface area contributed by atoms with E-state index in [0.29, 0.717) is 12.3 Å². The molecule has 0 aromatic rings. The second-order valence-electron chi connectivity index (χ2n) is 5.21. The average molecular weight is 242 g/mol. The van der Waals surface area contributed by atoms with Gasteiger partial charge < -0.3 is 11.1 Å². The van der Waals surface area contributed by atoms with Gasteiger partial charge in [0.05, 0.1) is 0 Å². The summed E-state index contributed by atoms with van der Waals surface area (Å²) in [5.74, 6) is 0.784. The molecule has 1 amide bonds. The van der Waals surface area contributed by atoms with Gasteiger partial charge in [0.15, 0.2) is 0 Å². The van der Waals surface area contributed by atoms with E-state index < -0.39 is 0 Å². The summed E-state index contributed by atoms with van der Waals surface area (Å²) in [4.78, 5) is 11.9. The number of rotatable bonds is 9. The topological polar surface area (TPSA) is 55.1 Å². The SMILES string of the molecule is CCC(CCN)CCC(=O)NC(C)(CC)CC. The van der Waals surface area contributed by atoms with E-state index in [1.54, 1.807) is 0 Å². The molecule has 1 unspecified atom stereocenters. The Hall–Kier alpha value is -0.570. The summed E-state index contributed by atoms with van der Waals surface area (Å²) in [6.07, 6.45) is 5.70. The number of hydrogen-bond acceptors (Lipinski definition) is 2. The molecule has 0 saturated carbocycles. The predicted molar refractivity (Wildman–Crippen MR) is 73.8 cm³/mol. The van der Waals surface area contributed by atoms with E-state index in [-0.39, 0.29) is 11.4 Å². The Balaban J connectivity index is 4.01. The molecule has 3 N–H and O–H groups in total. The van der Waals surface area contributed by atoms with E-state index in [0.717, 1.165) is 38.6 Å². The molecule has 1 atom stereocenters. The normalized spacial score (nSPS) is 13.5. The zero-order valence-corrected chi connectivity index (χ0v) is 12.0. The van der Waals surface area contributed by atoms with Gasteiger partial charge in [-0.15, -0.1) is 0 Å². The molecule has 0 aromatic heterocycles. The number of nitrogens with one attached hydrogen (secondary N) is 1. The monoisotopic (exact) mass is 242 g/mol. The van der Waals surface area contributed by atoms with Crippen LogP contribution in [0, 0.1) is 5.92 Å². The molecule has 3 nitrogen and oxygen atoms in total. The van der Waals surface area contributed by atoms with E-state index in [1.165, 1.54) is 0 Å². The van der Waals surface area contributed by atoms with Gasteiger partial charge in [0.25, 0.3) is 0 Å². The molecule has 0 bridgehead atoms. The molecule has 102 valence electrons. The van der Waals surface area contributed by atoms with Crippen LogP contribution < -0.4 is 11.1 Å². The average Bonchev–Trinajstić information content (AvgIpc) is 2.34. The Labute approximate surface area is 107 Å². The standard InChI is InChI=1S/C14H30N2O/c1-5-12(10-11-15)8-9-13(17)16-14(4,6-2)7-3/h12H,5-11,15H2,1-4H3,(H,16,17). The minimum Gasteiger partial charge on any atom is -0.351 e. The van der Waals surface area contributed by atoms with Crippen LogP contribution in [0.4, 0.5) is 0 Å². The van der Waals surface area contributed by atoms with Gasteiger partial charge in [-0.1, -0.05) is 27.2 Å². The summed E-state index contributed by atoms with van der Waals surface area (Å²) < 4.78 is 0. The largest absolute Gasteiger partial charge is 0.351 e. The lowest BCUT2D eigenvalue weighted by Gasteiger charge is -2.28. The molecule has 0 fully saturated rings. The van der Waals surface area contributed by atoms with Crippen molar-refractivity contribution in [3.05, 3.63) is 0 Å². The first-order valence-corrected chi connectivity index (χ1v) is 7.02. The van der Waals surface area contributed by atoms with Crippen LogP contribution in [-0.4, -0.2) is 18.0 Å². The molecule has 0 saturated heterocycles. The van der Waals surface area contributed by atoms with Crippen LogP contribution >= 0.6 is 0 Å². The third-order valence-electron chi connectivity index (χ3n) is 3.93. The quantitative estimate of drug-likeness (QED) is 0.653. The molecular formula is C14H30N2O. The molecule has 0 aromatic carbocycles. The predicted octanol–water partition coefficient (Wildman–Crippen LogP) is 2.84. The van der Waals surface area contributed by atoms with Crippen molar-refractivity contribution in [1.82, 2.24) is 5.32 Å². The van der Waals surface area contributed by atoms with Crippen LogP contribution in [0.5, 0.6) is 0 Å². The Morgan fingerprint density at radius 3 is 2.24 bits per heavy atom. The molecular weight excluding hydrogens is 212 g/mol. The summed E-state index contributed by atoms with van der Waals surface area (Å²) in [5, 5.41) is 3.14. The molecule has 0 rings (SSSR count). The van der Waals surface area contributed by atoms with Crippen molar-refractivity contribution < 1.29 is 4.79 Å². The number of carbonyl (C=O) groups is 1. The molecule has 17 heavy (non-hydrogen) atoms.